The molecule has 0 aliphatic rings. The third kappa shape index (κ3) is 4.71. The SMILES string of the molecule is C[C@@H](CNC[CH]c1ccc(F)c(Cl)c1)C(N)=O. The Morgan fingerprint density at radius 2 is 2.35 bits per heavy atom. The Kier molecular flexibility index (Phi) is 5.38. The highest BCUT2D eigenvalue weighted by Gasteiger charge is 2.07. The van der Waals surface area contributed by atoms with Gasteiger partial charge < -0.3 is 11.1 Å². The third-order valence-corrected chi connectivity index (χ3v) is 2.65. The monoisotopic (exact) mass is 257 g/mol. The third-order valence-electron chi connectivity index (χ3n) is 2.36. The highest BCUT2D eigenvalue weighted by Crippen LogP contribution is 2.16. The average molecular weight is 258 g/mol. The Morgan fingerprint density at radius 1 is 1.65 bits per heavy atom. The van der Waals surface area contributed by atoms with Crippen LogP contribution in [0.5, 0.6) is 0 Å². The van der Waals surface area contributed by atoms with Gasteiger partial charge in [-0.05, 0) is 17.7 Å². The molecule has 0 aliphatic heterocycles. The number of primary amides is 1. The lowest BCUT2D eigenvalue weighted by Crippen LogP contribution is -2.31. The van der Waals surface area contributed by atoms with Gasteiger partial charge in [0.15, 0.2) is 0 Å². The van der Waals surface area contributed by atoms with E-state index in [0.29, 0.717) is 13.1 Å². The van der Waals surface area contributed by atoms with E-state index in [-0.39, 0.29) is 16.8 Å². The Balaban J connectivity index is 2.31. The molecule has 0 unspecified atom stereocenters. The van der Waals surface area contributed by atoms with Crippen molar-refractivity contribution in [1.82, 2.24) is 5.32 Å². The molecule has 0 spiro atoms. The molecule has 1 atom stereocenters. The number of halogens is 2. The van der Waals surface area contributed by atoms with E-state index in [4.69, 9.17) is 17.3 Å². The fourth-order valence-corrected chi connectivity index (χ4v) is 1.42. The predicted octanol–water partition coefficient (Wildman–Crippen LogP) is 1.74. The van der Waals surface area contributed by atoms with Gasteiger partial charge in [-0.2, -0.15) is 0 Å². The van der Waals surface area contributed by atoms with Crippen molar-refractivity contribution in [3.63, 3.8) is 0 Å². The van der Waals surface area contributed by atoms with Crippen molar-refractivity contribution in [2.45, 2.75) is 6.92 Å². The van der Waals surface area contributed by atoms with Crippen LogP contribution in [-0.4, -0.2) is 19.0 Å². The van der Waals surface area contributed by atoms with Gasteiger partial charge in [-0.25, -0.2) is 4.39 Å². The number of rotatable bonds is 6. The molecule has 1 rings (SSSR count). The molecule has 0 aromatic heterocycles. The first-order valence-electron chi connectivity index (χ1n) is 5.29. The predicted molar refractivity (Wildman–Crippen MR) is 66.0 cm³/mol. The van der Waals surface area contributed by atoms with Crippen LogP contribution in [0.3, 0.4) is 0 Å². The largest absolute Gasteiger partial charge is 0.369 e. The Labute approximate surface area is 105 Å². The van der Waals surface area contributed by atoms with E-state index in [1.54, 1.807) is 19.1 Å². The van der Waals surface area contributed by atoms with E-state index in [2.05, 4.69) is 5.32 Å². The molecule has 3 N–H and O–H groups in total. The maximum Gasteiger partial charge on any atom is 0.221 e. The maximum absolute atomic E-state index is 12.9. The van der Waals surface area contributed by atoms with Gasteiger partial charge >= 0.3 is 0 Å². The van der Waals surface area contributed by atoms with E-state index >= 15 is 0 Å². The summed E-state index contributed by atoms with van der Waals surface area (Å²) in [5.74, 6) is -0.971. The van der Waals surface area contributed by atoms with Crippen LogP contribution < -0.4 is 11.1 Å². The maximum atomic E-state index is 12.9. The summed E-state index contributed by atoms with van der Waals surface area (Å²) < 4.78 is 12.9. The molecule has 1 radical (unpaired) electrons. The second-order valence-electron chi connectivity index (χ2n) is 3.84. The molecular weight excluding hydrogens is 243 g/mol. The molecule has 0 saturated carbocycles. The number of hydrogen-bond donors (Lipinski definition) is 2. The number of amides is 1. The summed E-state index contributed by atoms with van der Waals surface area (Å²) in [6.07, 6.45) is 1.86. The molecule has 17 heavy (non-hydrogen) atoms. The highest BCUT2D eigenvalue weighted by atomic mass is 35.5. The minimum absolute atomic E-state index is 0.101. The molecule has 1 aromatic carbocycles. The van der Waals surface area contributed by atoms with Crippen LogP contribution in [0.1, 0.15) is 12.5 Å². The van der Waals surface area contributed by atoms with E-state index in [9.17, 15) is 9.18 Å². The molecule has 3 nitrogen and oxygen atoms in total. The zero-order chi connectivity index (χ0) is 12.8. The number of benzene rings is 1. The lowest BCUT2D eigenvalue weighted by molar-refractivity contribution is -0.121. The van der Waals surface area contributed by atoms with Crippen LogP contribution in [0.15, 0.2) is 18.2 Å². The molecule has 93 valence electrons. The summed E-state index contributed by atoms with van der Waals surface area (Å²) in [6.45, 7) is 2.84. The van der Waals surface area contributed by atoms with Crippen molar-refractivity contribution in [3.8, 4) is 0 Å². The van der Waals surface area contributed by atoms with Crippen LogP contribution in [0.2, 0.25) is 5.02 Å². The molecule has 0 fully saturated rings. The molecule has 1 aromatic rings. The van der Waals surface area contributed by atoms with E-state index in [0.717, 1.165) is 5.56 Å². The van der Waals surface area contributed by atoms with Gasteiger partial charge in [0.25, 0.3) is 0 Å². The van der Waals surface area contributed by atoms with Crippen molar-refractivity contribution in [1.29, 1.82) is 0 Å². The van der Waals surface area contributed by atoms with Gasteiger partial charge in [0.05, 0.1) is 5.02 Å². The molecule has 0 aliphatic carbocycles. The first kappa shape index (κ1) is 13.9. The fraction of sp³-hybridized carbons (Fsp3) is 0.333. The Bertz CT molecular complexity index is 398. The van der Waals surface area contributed by atoms with Gasteiger partial charge in [-0.1, -0.05) is 24.6 Å². The molecule has 0 heterocycles. The average Bonchev–Trinajstić information content (AvgIpc) is 2.28. The minimum Gasteiger partial charge on any atom is -0.369 e. The summed E-state index contributed by atoms with van der Waals surface area (Å²) in [5, 5.41) is 3.16. The lowest BCUT2D eigenvalue weighted by atomic mass is 10.1. The summed E-state index contributed by atoms with van der Waals surface area (Å²) in [6, 6.07) is 4.51. The zero-order valence-electron chi connectivity index (χ0n) is 9.54. The minimum atomic E-state index is -0.431. The summed E-state index contributed by atoms with van der Waals surface area (Å²) >= 11 is 5.64. The second kappa shape index (κ2) is 6.57. The molecule has 5 heteroatoms. The van der Waals surface area contributed by atoms with Crippen molar-refractivity contribution in [3.05, 3.63) is 41.0 Å². The van der Waals surface area contributed by atoms with E-state index in [1.807, 2.05) is 6.42 Å². The van der Waals surface area contributed by atoms with Crippen molar-refractivity contribution < 1.29 is 9.18 Å². The first-order chi connectivity index (χ1) is 8.00. The summed E-state index contributed by atoms with van der Waals surface area (Å²) in [5.41, 5.74) is 5.95. The molecule has 0 saturated heterocycles. The number of nitrogens with two attached hydrogens (primary N) is 1. The zero-order valence-corrected chi connectivity index (χ0v) is 10.3. The van der Waals surface area contributed by atoms with Crippen LogP contribution in [-0.2, 0) is 4.79 Å². The standard InChI is InChI=1S/C12H15ClFN2O/c1-8(12(15)17)7-16-5-4-9-2-3-11(14)10(13)6-9/h2-4,6,8,16H,5,7H2,1H3,(H2,15,17)/t8-/m0/s1. The normalized spacial score (nSPS) is 12.4. The smallest absolute Gasteiger partial charge is 0.221 e. The summed E-state index contributed by atoms with van der Waals surface area (Å²) in [7, 11) is 0. The van der Waals surface area contributed by atoms with Crippen molar-refractivity contribution >= 4 is 17.5 Å². The lowest BCUT2D eigenvalue weighted by Gasteiger charge is -2.08. The van der Waals surface area contributed by atoms with E-state index in [1.165, 1.54) is 6.07 Å². The van der Waals surface area contributed by atoms with Gasteiger partial charge in [0.1, 0.15) is 5.82 Å². The van der Waals surface area contributed by atoms with Crippen LogP contribution >= 0.6 is 11.6 Å². The van der Waals surface area contributed by atoms with Gasteiger partial charge in [0, 0.05) is 25.4 Å². The van der Waals surface area contributed by atoms with Crippen molar-refractivity contribution in [2.75, 3.05) is 13.1 Å². The van der Waals surface area contributed by atoms with Gasteiger partial charge in [0.2, 0.25) is 5.91 Å². The number of carbonyl (C=O) groups is 1. The molecule has 0 bridgehead atoms. The molecule has 1 amide bonds. The van der Waals surface area contributed by atoms with Crippen molar-refractivity contribution in [2.24, 2.45) is 11.7 Å². The Hall–Kier alpha value is -1.13. The highest BCUT2D eigenvalue weighted by molar-refractivity contribution is 6.30. The fourth-order valence-electron chi connectivity index (χ4n) is 1.23. The number of hydrogen-bond acceptors (Lipinski definition) is 2. The van der Waals surface area contributed by atoms with Crippen LogP contribution in [0.25, 0.3) is 0 Å². The number of nitrogens with one attached hydrogen (secondary N) is 1. The van der Waals surface area contributed by atoms with Gasteiger partial charge in [-0.15, -0.1) is 0 Å². The summed E-state index contributed by atoms with van der Waals surface area (Å²) in [4.78, 5) is 10.8. The quantitative estimate of drug-likeness (QED) is 0.763. The Morgan fingerprint density at radius 3 is 2.94 bits per heavy atom. The van der Waals surface area contributed by atoms with Crippen LogP contribution in [0, 0.1) is 18.2 Å². The molecular formula is C12H15ClFN2O. The number of carbonyl (C=O) groups excluding carboxylic acids is 1. The second-order valence-corrected chi connectivity index (χ2v) is 4.25. The van der Waals surface area contributed by atoms with E-state index < -0.39 is 5.82 Å². The topological polar surface area (TPSA) is 55.1 Å². The van der Waals surface area contributed by atoms with Crippen LogP contribution in [0.4, 0.5) is 4.39 Å². The first-order valence-corrected chi connectivity index (χ1v) is 5.67. The van der Waals surface area contributed by atoms with Gasteiger partial charge in [-0.3, -0.25) is 4.79 Å².